The van der Waals surface area contributed by atoms with Crippen LogP contribution in [0.15, 0.2) is 36.0 Å². The van der Waals surface area contributed by atoms with E-state index in [2.05, 4.69) is 45.6 Å². The minimum atomic E-state index is 1.14. The van der Waals surface area contributed by atoms with Crippen molar-refractivity contribution in [2.45, 2.75) is 46.5 Å². The Balaban J connectivity index is 3.68. The average molecular weight is 178 g/mol. The molecule has 0 aromatic carbocycles. The molecule has 0 N–H and O–H groups in total. The lowest BCUT2D eigenvalue weighted by Crippen LogP contribution is -1.78. The maximum Gasteiger partial charge on any atom is -0.0285 e. The Morgan fingerprint density at radius 3 is 2.46 bits per heavy atom. The highest BCUT2D eigenvalue weighted by molar-refractivity contribution is 5.24. The van der Waals surface area contributed by atoms with Crippen molar-refractivity contribution in [2.75, 3.05) is 0 Å². The predicted octanol–water partition coefficient (Wildman–Crippen LogP) is 4.65. The molecular formula is C13H22. The fourth-order valence-corrected chi connectivity index (χ4v) is 1.03. The first kappa shape index (κ1) is 12.2. The molecule has 0 saturated heterocycles. The van der Waals surface area contributed by atoms with E-state index in [0.29, 0.717) is 0 Å². The summed E-state index contributed by atoms with van der Waals surface area (Å²) >= 11 is 0. The van der Waals surface area contributed by atoms with Gasteiger partial charge < -0.3 is 0 Å². The number of hydrogen-bond acceptors (Lipinski definition) is 0. The first-order valence-electron chi connectivity index (χ1n) is 5.19. The van der Waals surface area contributed by atoms with Crippen molar-refractivity contribution < 1.29 is 0 Å². The molecule has 0 unspecified atom stereocenters. The van der Waals surface area contributed by atoms with Crippen LogP contribution in [0.3, 0.4) is 0 Å². The maximum atomic E-state index is 4.02. The summed E-state index contributed by atoms with van der Waals surface area (Å²) in [6, 6.07) is 0. The van der Waals surface area contributed by atoms with E-state index in [4.69, 9.17) is 0 Å². The van der Waals surface area contributed by atoms with Gasteiger partial charge in [0, 0.05) is 0 Å². The molecule has 13 heavy (non-hydrogen) atoms. The molecule has 0 heterocycles. The van der Waals surface area contributed by atoms with Crippen molar-refractivity contribution in [1.29, 1.82) is 0 Å². The van der Waals surface area contributed by atoms with Crippen LogP contribution < -0.4 is 0 Å². The van der Waals surface area contributed by atoms with E-state index < -0.39 is 0 Å². The molecule has 0 bridgehead atoms. The van der Waals surface area contributed by atoms with Gasteiger partial charge in [0.25, 0.3) is 0 Å². The van der Waals surface area contributed by atoms with Crippen LogP contribution in [0.2, 0.25) is 0 Å². The van der Waals surface area contributed by atoms with Gasteiger partial charge in [0.2, 0.25) is 0 Å². The zero-order chi connectivity index (χ0) is 10.1. The van der Waals surface area contributed by atoms with Gasteiger partial charge in [0.15, 0.2) is 0 Å². The summed E-state index contributed by atoms with van der Waals surface area (Å²) in [4.78, 5) is 0. The minimum Gasteiger partial charge on any atom is -0.0958 e. The number of rotatable bonds is 6. The fourth-order valence-electron chi connectivity index (χ4n) is 1.03. The molecule has 0 fully saturated rings. The van der Waals surface area contributed by atoms with E-state index >= 15 is 0 Å². The Morgan fingerprint density at radius 2 is 1.92 bits per heavy atom. The van der Waals surface area contributed by atoms with Crippen molar-refractivity contribution in [3.63, 3.8) is 0 Å². The Kier molecular flexibility index (Phi) is 7.38. The van der Waals surface area contributed by atoms with Crippen molar-refractivity contribution in [2.24, 2.45) is 0 Å². The van der Waals surface area contributed by atoms with Gasteiger partial charge in [0.1, 0.15) is 0 Å². The largest absolute Gasteiger partial charge is 0.0958 e. The standard InChI is InChI=1S/C13H22/c1-5-7-8-9-13(4)11-10-12(3)6-2/h6,10-11H,4-5,7-9H2,1-3H3/b11-10-,12-6-. The Morgan fingerprint density at radius 1 is 1.23 bits per heavy atom. The summed E-state index contributed by atoms with van der Waals surface area (Å²) in [6.45, 7) is 10.4. The second kappa shape index (κ2) is 7.85. The SMILES string of the molecule is C=C(/C=C\C(C)=C/C)CCCCC. The van der Waals surface area contributed by atoms with Crippen molar-refractivity contribution in [1.82, 2.24) is 0 Å². The van der Waals surface area contributed by atoms with E-state index in [1.165, 1.54) is 30.4 Å². The molecule has 0 aliphatic rings. The predicted molar refractivity (Wildman–Crippen MR) is 61.9 cm³/mol. The fraction of sp³-hybridized carbons (Fsp3) is 0.538. The molecule has 0 radical (unpaired) electrons. The first-order valence-corrected chi connectivity index (χ1v) is 5.19. The zero-order valence-corrected chi connectivity index (χ0v) is 9.27. The summed E-state index contributed by atoms with van der Waals surface area (Å²) in [5.74, 6) is 0. The molecule has 0 spiro atoms. The van der Waals surface area contributed by atoms with Crippen LogP contribution in [-0.2, 0) is 0 Å². The Labute approximate surface area is 83.0 Å². The van der Waals surface area contributed by atoms with Gasteiger partial charge in [-0.3, -0.25) is 0 Å². The second-order valence-corrected chi connectivity index (χ2v) is 3.48. The van der Waals surface area contributed by atoms with E-state index in [0.717, 1.165) is 6.42 Å². The van der Waals surface area contributed by atoms with Gasteiger partial charge in [-0.2, -0.15) is 0 Å². The third-order valence-electron chi connectivity index (χ3n) is 2.14. The Hall–Kier alpha value is -0.780. The monoisotopic (exact) mass is 178 g/mol. The highest BCUT2D eigenvalue weighted by Crippen LogP contribution is 2.09. The third kappa shape index (κ3) is 7.58. The molecule has 0 aliphatic heterocycles. The molecule has 0 nitrogen and oxygen atoms in total. The molecule has 0 aromatic rings. The minimum absolute atomic E-state index is 1.14. The first-order chi connectivity index (χ1) is 6.20. The smallest absolute Gasteiger partial charge is 0.0285 e. The molecule has 0 amide bonds. The Bertz CT molecular complexity index is 194. The molecule has 0 heteroatoms. The van der Waals surface area contributed by atoms with Crippen LogP contribution in [0.1, 0.15) is 46.5 Å². The average Bonchev–Trinajstić information content (AvgIpc) is 2.14. The third-order valence-corrected chi connectivity index (χ3v) is 2.14. The molecule has 0 aliphatic carbocycles. The normalized spacial score (nSPS) is 12.4. The van der Waals surface area contributed by atoms with Crippen molar-refractivity contribution in [3.05, 3.63) is 36.0 Å². The van der Waals surface area contributed by atoms with Gasteiger partial charge in [-0.15, -0.1) is 0 Å². The molecular weight excluding hydrogens is 156 g/mol. The number of hydrogen-bond donors (Lipinski definition) is 0. The highest BCUT2D eigenvalue weighted by Gasteiger charge is 1.89. The summed E-state index contributed by atoms with van der Waals surface area (Å²) in [5.41, 5.74) is 2.55. The van der Waals surface area contributed by atoms with Crippen LogP contribution in [0.4, 0.5) is 0 Å². The summed E-state index contributed by atoms with van der Waals surface area (Å²) in [7, 11) is 0. The zero-order valence-electron chi connectivity index (χ0n) is 9.27. The van der Waals surface area contributed by atoms with E-state index in [-0.39, 0.29) is 0 Å². The van der Waals surface area contributed by atoms with Crippen molar-refractivity contribution >= 4 is 0 Å². The summed E-state index contributed by atoms with van der Waals surface area (Å²) in [5, 5.41) is 0. The van der Waals surface area contributed by atoms with Crippen LogP contribution >= 0.6 is 0 Å². The quantitative estimate of drug-likeness (QED) is 0.410. The molecule has 0 rings (SSSR count). The van der Waals surface area contributed by atoms with Gasteiger partial charge in [-0.25, -0.2) is 0 Å². The van der Waals surface area contributed by atoms with Gasteiger partial charge in [-0.05, 0) is 26.7 Å². The lowest BCUT2D eigenvalue weighted by molar-refractivity contribution is 0.720. The second-order valence-electron chi connectivity index (χ2n) is 3.48. The van der Waals surface area contributed by atoms with Crippen LogP contribution in [-0.4, -0.2) is 0 Å². The number of unbranched alkanes of at least 4 members (excludes halogenated alkanes) is 2. The summed E-state index contributed by atoms with van der Waals surface area (Å²) < 4.78 is 0. The van der Waals surface area contributed by atoms with Gasteiger partial charge >= 0.3 is 0 Å². The molecule has 74 valence electrons. The van der Waals surface area contributed by atoms with Crippen LogP contribution in [0.25, 0.3) is 0 Å². The van der Waals surface area contributed by atoms with Gasteiger partial charge in [0.05, 0.1) is 0 Å². The van der Waals surface area contributed by atoms with Gasteiger partial charge in [-0.1, -0.05) is 55.7 Å². The topological polar surface area (TPSA) is 0 Å². The lowest BCUT2D eigenvalue weighted by atomic mass is 10.1. The van der Waals surface area contributed by atoms with E-state index in [1.807, 2.05) is 0 Å². The summed E-state index contributed by atoms with van der Waals surface area (Å²) in [6.07, 6.45) is 11.4. The van der Waals surface area contributed by atoms with Crippen LogP contribution in [0, 0.1) is 0 Å². The van der Waals surface area contributed by atoms with E-state index in [9.17, 15) is 0 Å². The molecule has 0 atom stereocenters. The van der Waals surface area contributed by atoms with Crippen molar-refractivity contribution in [3.8, 4) is 0 Å². The lowest BCUT2D eigenvalue weighted by Gasteiger charge is -1.98. The molecule has 0 saturated carbocycles. The molecule has 0 aromatic heterocycles. The highest BCUT2D eigenvalue weighted by atomic mass is 13.9. The van der Waals surface area contributed by atoms with E-state index in [1.54, 1.807) is 0 Å². The number of allylic oxidation sites excluding steroid dienone is 5. The van der Waals surface area contributed by atoms with Crippen LogP contribution in [0.5, 0.6) is 0 Å². The maximum absolute atomic E-state index is 4.02.